The zero-order valence-corrected chi connectivity index (χ0v) is 17.5. The lowest BCUT2D eigenvalue weighted by atomic mass is 9.93. The van der Waals surface area contributed by atoms with Gasteiger partial charge in [-0.25, -0.2) is 4.79 Å². The van der Waals surface area contributed by atoms with E-state index in [9.17, 15) is 4.79 Å². The molecule has 0 atom stereocenters. The van der Waals surface area contributed by atoms with Crippen molar-refractivity contribution in [3.63, 3.8) is 0 Å². The van der Waals surface area contributed by atoms with Gasteiger partial charge in [0, 0.05) is 6.54 Å². The zero-order valence-electron chi connectivity index (χ0n) is 17.5. The molecule has 1 fully saturated rings. The fourth-order valence-corrected chi connectivity index (χ4v) is 4.22. The third-order valence-corrected chi connectivity index (χ3v) is 6.00. The molecule has 0 spiro atoms. The van der Waals surface area contributed by atoms with Gasteiger partial charge in [-0.05, 0) is 66.7 Å². The highest BCUT2D eigenvalue weighted by molar-refractivity contribution is 5.98. The van der Waals surface area contributed by atoms with Crippen LogP contribution in [-0.2, 0) is 11.3 Å². The van der Waals surface area contributed by atoms with E-state index in [2.05, 4.69) is 35.2 Å². The number of fused-ring (bicyclic) bond motifs is 1. The normalized spacial score (nSPS) is 15.2. The fraction of sp³-hybridized carbons (Fsp3) is 0.346. The summed E-state index contributed by atoms with van der Waals surface area (Å²) in [6.07, 6.45) is 3.23. The Morgan fingerprint density at radius 3 is 2.33 bits per heavy atom. The number of ether oxygens (including phenoxy) is 2. The first kappa shape index (κ1) is 20.4. The monoisotopic (exact) mass is 403 g/mol. The first-order chi connectivity index (χ1) is 14.7. The number of hydrogen-bond acceptors (Lipinski definition) is 4. The molecule has 0 radical (unpaired) electrons. The lowest BCUT2D eigenvalue weighted by molar-refractivity contribution is 0.0459. The van der Waals surface area contributed by atoms with Crippen LogP contribution in [0.1, 0.15) is 35.2 Å². The van der Waals surface area contributed by atoms with Gasteiger partial charge in [0.2, 0.25) is 0 Å². The summed E-state index contributed by atoms with van der Waals surface area (Å²) in [7, 11) is 1.59. The van der Waals surface area contributed by atoms with Gasteiger partial charge in [0.25, 0.3) is 0 Å². The number of benzene rings is 3. The number of nitrogens with zero attached hydrogens (tertiary/aromatic N) is 1. The predicted octanol–water partition coefficient (Wildman–Crippen LogP) is 5.31. The fourth-order valence-electron chi connectivity index (χ4n) is 4.22. The number of carbonyl (C=O) groups is 1. The number of esters is 1. The minimum absolute atomic E-state index is 0.306. The van der Waals surface area contributed by atoms with Gasteiger partial charge in [-0.1, -0.05) is 54.6 Å². The van der Waals surface area contributed by atoms with Crippen LogP contribution in [0.25, 0.3) is 10.8 Å². The van der Waals surface area contributed by atoms with Crippen molar-refractivity contribution >= 4 is 16.7 Å². The molecular formula is C26H29NO3. The van der Waals surface area contributed by atoms with Crippen LogP contribution in [0.4, 0.5) is 0 Å². The lowest BCUT2D eigenvalue weighted by Crippen LogP contribution is -2.33. The summed E-state index contributed by atoms with van der Waals surface area (Å²) in [6, 6.07) is 22.3. The quantitative estimate of drug-likeness (QED) is 0.501. The Bertz CT molecular complexity index is 978. The van der Waals surface area contributed by atoms with Gasteiger partial charge in [-0.2, -0.15) is 0 Å². The van der Waals surface area contributed by atoms with Crippen LogP contribution in [0.15, 0.2) is 66.7 Å². The molecule has 1 aliphatic rings. The summed E-state index contributed by atoms with van der Waals surface area (Å²) in [5.74, 6) is 0.871. The Morgan fingerprint density at radius 1 is 0.967 bits per heavy atom. The van der Waals surface area contributed by atoms with Crippen molar-refractivity contribution in [3.8, 4) is 5.75 Å². The molecule has 0 aromatic heterocycles. The molecular weight excluding hydrogens is 374 g/mol. The van der Waals surface area contributed by atoms with E-state index < -0.39 is 0 Å². The van der Waals surface area contributed by atoms with Crippen molar-refractivity contribution < 1.29 is 14.3 Å². The second-order valence-corrected chi connectivity index (χ2v) is 8.03. The van der Waals surface area contributed by atoms with Crippen LogP contribution < -0.4 is 4.74 Å². The van der Waals surface area contributed by atoms with E-state index in [-0.39, 0.29) is 5.97 Å². The van der Waals surface area contributed by atoms with Gasteiger partial charge in [0.1, 0.15) is 11.3 Å². The van der Waals surface area contributed by atoms with Crippen molar-refractivity contribution in [2.75, 3.05) is 26.8 Å². The standard InChI is InChI=1S/C26H29NO3/c1-29-25-18-23-10-6-5-9-22(23)17-24(25)26(28)30-16-13-20-11-14-27(15-12-20)19-21-7-3-2-4-8-21/h2-10,17-18,20H,11-16,19H2,1H3. The van der Waals surface area contributed by atoms with Crippen molar-refractivity contribution in [1.29, 1.82) is 0 Å². The minimum Gasteiger partial charge on any atom is -0.496 e. The molecule has 0 unspecified atom stereocenters. The minimum atomic E-state index is -0.306. The summed E-state index contributed by atoms with van der Waals surface area (Å²) in [5.41, 5.74) is 1.86. The largest absolute Gasteiger partial charge is 0.496 e. The smallest absolute Gasteiger partial charge is 0.341 e. The molecule has 4 heteroatoms. The number of piperidine rings is 1. The topological polar surface area (TPSA) is 38.8 Å². The maximum atomic E-state index is 12.7. The third kappa shape index (κ3) is 5.00. The molecule has 0 saturated carbocycles. The molecule has 1 saturated heterocycles. The lowest BCUT2D eigenvalue weighted by Gasteiger charge is -2.31. The molecule has 3 aromatic carbocycles. The molecule has 30 heavy (non-hydrogen) atoms. The molecule has 1 heterocycles. The molecule has 0 N–H and O–H groups in total. The van der Waals surface area contributed by atoms with E-state index in [1.807, 2.05) is 36.4 Å². The molecule has 0 aliphatic carbocycles. The maximum Gasteiger partial charge on any atom is 0.341 e. The molecule has 0 amide bonds. The Labute approximate surface area is 178 Å². The van der Waals surface area contributed by atoms with Gasteiger partial charge >= 0.3 is 5.97 Å². The average Bonchev–Trinajstić information content (AvgIpc) is 2.80. The van der Waals surface area contributed by atoms with E-state index in [1.54, 1.807) is 7.11 Å². The van der Waals surface area contributed by atoms with Crippen molar-refractivity contribution in [3.05, 3.63) is 77.9 Å². The Kier molecular flexibility index (Phi) is 6.65. The van der Waals surface area contributed by atoms with Crippen LogP contribution >= 0.6 is 0 Å². The summed E-state index contributed by atoms with van der Waals surface area (Å²) in [5, 5.41) is 2.06. The van der Waals surface area contributed by atoms with E-state index in [4.69, 9.17) is 9.47 Å². The number of likely N-dealkylation sites (tertiary alicyclic amines) is 1. The second kappa shape index (κ2) is 9.77. The number of methoxy groups -OCH3 is 1. The summed E-state index contributed by atoms with van der Waals surface area (Å²) < 4.78 is 11.0. The van der Waals surface area contributed by atoms with Gasteiger partial charge in [0.05, 0.1) is 13.7 Å². The Hall–Kier alpha value is -2.85. The highest BCUT2D eigenvalue weighted by Crippen LogP contribution is 2.27. The van der Waals surface area contributed by atoms with E-state index in [0.29, 0.717) is 23.8 Å². The molecule has 0 bridgehead atoms. The van der Waals surface area contributed by atoms with E-state index >= 15 is 0 Å². The summed E-state index contributed by atoms with van der Waals surface area (Å²) in [4.78, 5) is 15.2. The van der Waals surface area contributed by atoms with E-state index in [1.165, 1.54) is 5.56 Å². The highest BCUT2D eigenvalue weighted by Gasteiger charge is 2.20. The number of carbonyl (C=O) groups excluding carboxylic acids is 1. The van der Waals surface area contributed by atoms with Crippen molar-refractivity contribution in [2.45, 2.75) is 25.8 Å². The van der Waals surface area contributed by atoms with E-state index in [0.717, 1.165) is 49.7 Å². The van der Waals surface area contributed by atoms with Gasteiger partial charge in [-0.3, -0.25) is 4.90 Å². The summed E-state index contributed by atoms with van der Waals surface area (Å²) >= 11 is 0. The Balaban J connectivity index is 1.26. The third-order valence-electron chi connectivity index (χ3n) is 6.00. The van der Waals surface area contributed by atoms with Gasteiger partial charge < -0.3 is 9.47 Å². The first-order valence-electron chi connectivity index (χ1n) is 10.7. The average molecular weight is 404 g/mol. The van der Waals surface area contributed by atoms with Crippen LogP contribution in [0.2, 0.25) is 0 Å². The number of hydrogen-bond donors (Lipinski definition) is 0. The predicted molar refractivity (Wildman–Crippen MR) is 120 cm³/mol. The van der Waals surface area contributed by atoms with Crippen LogP contribution in [0, 0.1) is 5.92 Å². The van der Waals surface area contributed by atoms with Crippen molar-refractivity contribution in [2.24, 2.45) is 5.92 Å². The molecule has 4 rings (SSSR count). The van der Waals surface area contributed by atoms with Gasteiger partial charge in [0.15, 0.2) is 0 Å². The SMILES string of the molecule is COc1cc2ccccc2cc1C(=O)OCCC1CCN(Cc2ccccc2)CC1. The van der Waals surface area contributed by atoms with Crippen molar-refractivity contribution in [1.82, 2.24) is 4.90 Å². The Morgan fingerprint density at radius 2 is 1.63 bits per heavy atom. The first-order valence-corrected chi connectivity index (χ1v) is 10.7. The molecule has 3 aromatic rings. The van der Waals surface area contributed by atoms with Crippen LogP contribution in [0.5, 0.6) is 5.75 Å². The maximum absolute atomic E-state index is 12.7. The second-order valence-electron chi connectivity index (χ2n) is 8.03. The highest BCUT2D eigenvalue weighted by atomic mass is 16.5. The molecule has 4 nitrogen and oxygen atoms in total. The van der Waals surface area contributed by atoms with Crippen LogP contribution in [0.3, 0.4) is 0 Å². The zero-order chi connectivity index (χ0) is 20.8. The number of rotatable bonds is 7. The molecule has 1 aliphatic heterocycles. The molecule has 156 valence electrons. The van der Waals surface area contributed by atoms with Gasteiger partial charge in [-0.15, -0.1) is 0 Å². The summed E-state index contributed by atoms with van der Waals surface area (Å²) in [6.45, 7) is 3.68. The van der Waals surface area contributed by atoms with Crippen LogP contribution in [-0.4, -0.2) is 37.7 Å².